The van der Waals surface area contributed by atoms with Gasteiger partial charge in [-0.15, -0.1) is 0 Å². The van der Waals surface area contributed by atoms with Crippen molar-refractivity contribution in [3.05, 3.63) is 0 Å². The Morgan fingerprint density at radius 1 is 1.44 bits per heavy atom. The number of aliphatic hydroxyl groups is 1. The molecule has 0 aromatic rings. The molecule has 2 unspecified atom stereocenters. The van der Waals surface area contributed by atoms with E-state index in [1.165, 1.54) is 0 Å². The van der Waals surface area contributed by atoms with Crippen molar-refractivity contribution < 1.29 is 23.4 Å². The van der Waals surface area contributed by atoms with Crippen molar-refractivity contribution in [2.24, 2.45) is 5.92 Å². The predicted octanol–water partition coefficient (Wildman–Crippen LogP) is 1.33. The van der Waals surface area contributed by atoms with Crippen molar-refractivity contribution in [1.29, 1.82) is 0 Å². The molecule has 0 heterocycles. The van der Waals surface area contributed by atoms with Crippen molar-refractivity contribution in [3.8, 4) is 0 Å². The number of nitrogens with one attached hydrogen (secondary N) is 1. The highest BCUT2D eigenvalue weighted by Crippen LogP contribution is 2.23. The van der Waals surface area contributed by atoms with Gasteiger partial charge in [-0.25, -0.2) is 8.78 Å². The Morgan fingerprint density at radius 3 is 2.89 bits per heavy atom. The van der Waals surface area contributed by atoms with Crippen LogP contribution in [-0.2, 0) is 9.53 Å². The Labute approximate surface area is 106 Å². The van der Waals surface area contributed by atoms with Crippen LogP contribution >= 0.6 is 0 Å². The second-order valence-electron chi connectivity index (χ2n) is 4.71. The van der Waals surface area contributed by atoms with E-state index in [1.54, 1.807) is 0 Å². The van der Waals surface area contributed by atoms with Gasteiger partial charge in [-0.1, -0.05) is 6.42 Å². The van der Waals surface area contributed by atoms with Gasteiger partial charge in [-0.3, -0.25) is 4.79 Å². The molecule has 1 aliphatic rings. The molecule has 0 spiro atoms. The van der Waals surface area contributed by atoms with E-state index in [0.717, 1.165) is 25.7 Å². The molecular weight excluding hydrogens is 244 g/mol. The summed E-state index contributed by atoms with van der Waals surface area (Å²) in [5.74, 6) is 0.129. The minimum atomic E-state index is -2.49. The number of amides is 1. The topological polar surface area (TPSA) is 58.6 Å². The smallest absolute Gasteiger partial charge is 0.261 e. The second-order valence-corrected chi connectivity index (χ2v) is 4.71. The first-order chi connectivity index (χ1) is 8.58. The molecule has 0 aromatic heterocycles. The first-order valence-electron chi connectivity index (χ1n) is 6.38. The fourth-order valence-electron chi connectivity index (χ4n) is 2.13. The van der Waals surface area contributed by atoms with Crippen LogP contribution in [0.25, 0.3) is 0 Å². The summed E-state index contributed by atoms with van der Waals surface area (Å²) in [5.41, 5.74) is 0. The van der Waals surface area contributed by atoms with Crippen LogP contribution in [0.3, 0.4) is 0 Å². The average molecular weight is 265 g/mol. The second kappa shape index (κ2) is 8.37. The average Bonchev–Trinajstić information content (AvgIpc) is 2.32. The number of aliphatic hydroxyl groups excluding tert-OH is 1. The van der Waals surface area contributed by atoms with Crippen molar-refractivity contribution in [2.45, 2.75) is 44.6 Å². The highest BCUT2D eigenvalue weighted by molar-refractivity contribution is 5.75. The zero-order chi connectivity index (χ0) is 13.4. The van der Waals surface area contributed by atoms with E-state index in [-0.39, 0.29) is 25.0 Å². The summed E-state index contributed by atoms with van der Waals surface area (Å²) in [6.45, 7) is -0.0592. The zero-order valence-electron chi connectivity index (χ0n) is 10.4. The van der Waals surface area contributed by atoms with Crippen molar-refractivity contribution in [2.75, 3.05) is 19.8 Å². The van der Waals surface area contributed by atoms with Crippen molar-refractivity contribution in [3.63, 3.8) is 0 Å². The van der Waals surface area contributed by atoms with E-state index >= 15 is 0 Å². The van der Waals surface area contributed by atoms with Crippen LogP contribution in [0.15, 0.2) is 0 Å². The highest BCUT2D eigenvalue weighted by Gasteiger charge is 2.20. The van der Waals surface area contributed by atoms with E-state index < -0.39 is 13.0 Å². The van der Waals surface area contributed by atoms with Crippen molar-refractivity contribution in [1.82, 2.24) is 5.32 Å². The van der Waals surface area contributed by atoms with E-state index in [2.05, 4.69) is 10.1 Å². The molecule has 0 aromatic carbocycles. The third kappa shape index (κ3) is 6.86. The quantitative estimate of drug-likeness (QED) is 0.683. The van der Waals surface area contributed by atoms with E-state index in [0.29, 0.717) is 12.5 Å². The van der Waals surface area contributed by atoms with Gasteiger partial charge in [0, 0.05) is 13.0 Å². The Morgan fingerprint density at radius 2 is 2.22 bits per heavy atom. The first kappa shape index (κ1) is 15.3. The van der Waals surface area contributed by atoms with Crippen LogP contribution < -0.4 is 5.32 Å². The number of rotatable bonds is 7. The summed E-state index contributed by atoms with van der Waals surface area (Å²) in [6, 6.07) is 0. The van der Waals surface area contributed by atoms with Gasteiger partial charge < -0.3 is 15.2 Å². The number of hydrogen-bond acceptors (Lipinski definition) is 3. The monoisotopic (exact) mass is 265 g/mol. The lowest BCUT2D eigenvalue weighted by Crippen LogP contribution is -2.33. The molecule has 2 N–H and O–H groups in total. The fraction of sp³-hybridized carbons (Fsp3) is 0.917. The summed E-state index contributed by atoms with van der Waals surface area (Å²) in [5, 5.41) is 12.2. The summed E-state index contributed by atoms with van der Waals surface area (Å²) in [4.78, 5) is 11.4. The van der Waals surface area contributed by atoms with Crippen LogP contribution in [0.2, 0.25) is 0 Å². The number of ether oxygens (including phenoxy) is 1. The summed E-state index contributed by atoms with van der Waals surface area (Å²) >= 11 is 0. The molecule has 0 saturated heterocycles. The molecule has 18 heavy (non-hydrogen) atoms. The largest absolute Gasteiger partial charge is 0.393 e. The number of carbonyl (C=O) groups excluding carboxylic acids is 1. The van der Waals surface area contributed by atoms with Crippen LogP contribution in [0.4, 0.5) is 8.78 Å². The van der Waals surface area contributed by atoms with Gasteiger partial charge in [0.25, 0.3) is 6.43 Å². The summed E-state index contributed by atoms with van der Waals surface area (Å²) in [7, 11) is 0. The van der Waals surface area contributed by atoms with Gasteiger partial charge in [0.1, 0.15) is 6.61 Å². The van der Waals surface area contributed by atoms with Gasteiger partial charge in [-0.05, 0) is 25.2 Å². The van der Waals surface area contributed by atoms with E-state index in [1.807, 2.05) is 0 Å². The lowest BCUT2D eigenvalue weighted by atomic mass is 9.87. The molecule has 0 aliphatic heterocycles. The molecule has 4 nitrogen and oxygen atoms in total. The van der Waals surface area contributed by atoms with Crippen molar-refractivity contribution >= 4 is 5.91 Å². The number of alkyl halides is 2. The summed E-state index contributed by atoms with van der Waals surface area (Å²) < 4.78 is 28.1. The highest BCUT2D eigenvalue weighted by atomic mass is 19.3. The third-order valence-corrected chi connectivity index (χ3v) is 3.06. The lowest BCUT2D eigenvalue weighted by Gasteiger charge is -2.25. The number of halogens is 2. The zero-order valence-corrected chi connectivity index (χ0v) is 10.4. The normalized spacial score (nSPS) is 24.2. The van der Waals surface area contributed by atoms with Crippen LogP contribution in [0, 0.1) is 5.92 Å². The van der Waals surface area contributed by atoms with Gasteiger partial charge >= 0.3 is 0 Å². The van der Waals surface area contributed by atoms with Crippen LogP contribution in [0.5, 0.6) is 0 Å². The molecule has 1 saturated carbocycles. The maximum absolute atomic E-state index is 11.7. The van der Waals surface area contributed by atoms with Gasteiger partial charge in [0.15, 0.2) is 0 Å². The Hall–Kier alpha value is -0.750. The number of hydrogen-bond donors (Lipinski definition) is 2. The van der Waals surface area contributed by atoms with Gasteiger partial charge in [-0.2, -0.15) is 0 Å². The van der Waals surface area contributed by atoms with Gasteiger partial charge in [0.05, 0.1) is 12.7 Å². The maximum atomic E-state index is 11.7. The SMILES string of the molecule is O=C(CCOCC(F)F)NCC1CCCC(O)C1. The summed E-state index contributed by atoms with van der Waals surface area (Å²) in [6.07, 6.45) is 0.918. The maximum Gasteiger partial charge on any atom is 0.261 e. The Balaban J connectivity index is 2.02. The molecule has 0 bridgehead atoms. The van der Waals surface area contributed by atoms with E-state index in [9.17, 15) is 18.7 Å². The molecular formula is C12H21F2NO3. The molecule has 1 fully saturated rings. The lowest BCUT2D eigenvalue weighted by molar-refractivity contribution is -0.122. The van der Waals surface area contributed by atoms with Crippen LogP contribution in [0.1, 0.15) is 32.1 Å². The molecule has 6 heteroatoms. The van der Waals surface area contributed by atoms with Crippen LogP contribution in [-0.4, -0.2) is 43.3 Å². The van der Waals surface area contributed by atoms with E-state index in [4.69, 9.17) is 0 Å². The standard InChI is InChI=1S/C12H21F2NO3/c13-11(14)8-18-5-4-12(17)15-7-9-2-1-3-10(16)6-9/h9-11,16H,1-8H2,(H,15,17). The minimum Gasteiger partial charge on any atom is -0.393 e. The molecule has 0 radical (unpaired) electrons. The molecule has 1 rings (SSSR count). The Bertz CT molecular complexity index is 251. The molecule has 2 atom stereocenters. The molecule has 1 aliphatic carbocycles. The third-order valence-electron chi connectivity index (χ3n) is 3.06. The Kier molecular flexibility index (Phi) is 7.12. The predicted molar refractivity (Wildman–Crippen MR) is 62.4 cm³/mol. The fourth-order valence-corrected chi connectivity index (χ4v) is 2.13. The minimum absolute atomic E-state index is 0.0173. The first-order valence-corrected chi connectivity index (χ1v) is 6.38. The molecule has 1 amide bonds. The van der Waals surface area contributed by atoms with Gasteiger partial charge in [0.2, 0.25) is 5.91 Å². The number of carbonyl (C=O) groups is 1. The molecule has 106 valence electrons.